The molecule has 1 aromatic heterocycles. The second kappa shape index (κ2) is 15.8. The van der Waals surface area contributed by atoms with E-state index in [1.807, 2.05) is 0 Å². The summed E-state index contributed by atoms with van der Waals surface area (Å²) in [5, 5.41) is 1.24. The minimum atomic E-state index is 0.208. The van der Waals surface area contributed by atoms with E-state index >= 15 is 0 Å². The summed E-state index contributed by atoms with van der Waals surface area (Å²) in [5.41, 5.74) is 21.6. The quantitative estimate of drug-likeness (QED) is 0.150. The first-order valence-corrected chi connectivity index (χ1v) is 20.7. The van der Waals surface area contributed by atoms with Crippen molar-refractivity contribution in [1.82, 2.24) is 4.98 Å². The minimum Gasteiger partial charge on any atom is -0.248 e. The summed E-state index contributed by atoms with van der Waals surface area (Å²) in [4.78, 5) is 5.15. The third-order valence-corrected chi connectivity index (χ3v) is 11.3. The first kappa shape index (κ1) is 37.7. The predicted octanol–water partition coefficient (Wildman–Crippen LogP) is 16.1. The summed E-state index contributed by atoms with van der Waals surface area (Å²) in [6.45, 7) is 11.2. The molecule has 0 fully saturated rings. The Morgan fingerprint density at radius 2 is 0.780 bits per heavy atom. The van der Waals surface area contributed by atoms with E-state index in [9.17, 15) is 0 Å². The van der Waals surface area contributed by atoms with Crippen LogP contribution in [0.1, 0.15) is 37.5 Å². The molecule has 1 heterocycles. The second-order valence-electron chi connectivity index (χ2n) is 17.2. The van der Waals surface area contributed by atoms with Crippen LogP contribution < -0.4 is 0 Å². The summed E-state index contributed by atoms with van der Waals surface area (Å²) in [7, 11) is 0. The summed E-state index contributed by atoms with van der Waals surface area (Å²) in [6, 6.07) is 71.2. The lowest BCUT2D eigenvalue weighted by atomic mass is 9.86. The van der Waals surface area contributed by atoms with E-state index in [-0.39, 0.29) is 5.41 Å². The van der Waals surface area contributed by atoms with Gasteiger partial charge >= 0.3 is 0 Å². The monoisotopic (exact) mass is 759 g/mol. The van der Waals surface area contributed by atoms with Gasteiger partial charge in [0.05, 0.1) is 11.2 Å². The van der Waals surface area contributed by atoms with Crippen LogP contribution in [0.3, 0.4) is 0 Å². The molecule has 0 radical (unpaired) electrons. The van der Waals surface area contributed by atoms with Gasteiger partial charge in [-0.25, -0.2) is 4.98 Å². The highest BCUT2D eigenvalue weighted by molar-refractivity contribution is 5.94. The molecule has 1 heteroatoms. The third-order valence-electron chi connectivity index (χ3n) is 11.3. The normalized spacial score (nSPS) is 11.5. The van der Waals surface area contributed by atoms with E-state index in [0.717, 1.165) is 23.2 Å². The van der Waals surface area contributed by atoms with Crippen molar-refractivity contribution in [3.63, 3.8) is 0 Å². The Morgan fingerprint density at radius 1 is 0.356 bits per heavy atom. The highest BCUT2D eigenvalue weighted by Gasteiger charge is 2.17. The van der Waals surface area contributed by atoms with E-state index in [1.54, 1.807) is 0 Å². The van der Waals surface area contributed by atoms with Gasteiger partial charge in [-0.3, -0.25) is 0 Å². The van der Waals surface area contributed by atoms with Crippen LogP contribution in [0, 0.1) is 19.3 Å². The molecule has 8 aromatic carbocycles. The lowest BCUT2D eigenvalue weighted by molar-refractivity contribution is 0.412. The fourth-order valence-corrected chi connectivity index (χ4v) is 8.60. The first-order chi connectivity index (χ1) is 28.7. The highest BCUT2D eigenvalue weighted by atomic mass is 14.7. The van der Waals surface area contributed by atoms with Crippen molar-refractivity contribution in [2.75, 3.05) is 0 Å². The zero-order chi connectivity index (χ0) is 40.5. The Hall–Kier alpha value is -6.83. The number of pyridine rings is 1. The zero-order valence-electron chi connectivity index (χ0n) is 34.6. The van der Waals surface area contributed by atoms with Gasteiger partial charge < -0.3 is 0 Å². The standard InChI is InChI=1S/C58H49N/c1-39-15-12-17-43(33-39)50-21-7-10-24-53(50)47-35-46(36-48(37-47)54-25-11-8-22-51(54)44-18-13-16-40(2)34-44)52-23-9-6-20-49(52)41-27-29-42(30-28-41)56-32-31-55-45(38-58(3,4)5)19-14-26-57(55)59-56/h6-37H,38H2,1-5H3. The summed E-state index contributed by atoms with van der Waals surface area (Å²) < 4.78 is 0. The van der Waals surface area contributed by atoms with Crippen molar-refractivity contribution in [3.05, 3.63) is 211 Å². The SMILES string of the molecule is Cc1cccc(-c2ccccc2-c2cc(-c3ccccc3-c3ccc(-c4ccc5c(CC(C)(C)C)cccc5n4)cc3)cc(-c3ccccc3-c3cccc(C)c3)c2)c1. The van der Waals surface area contributed by atoms with Gasteiger partial charge in [-0.15, -0.1) is 0 Å². The third kappa shape index (κ3) is 8.02. The molecule has 0 aliphatic carbocycles. The highest BCUT2D eigenvalue weighted by Crippen LogP contribution is 2.42. The van der Waals surface area contributed by atoms with Gasteiger partial charge in [0.25, 0.3) is 0 Å². The maximum Gasteiger partial charge on any atom is 0.0712 e. The van der Waals surface area contributed by atoms with Crippen LogP contribution in [0.25, 0.3) is 88.9 Å². The molecule has 9 rings (SSSR count). The van der Waals surface area contributed by atoms with E-state index in [1.165, 1.54) is 88.8 Å². The zero-order valence-corrected chi connectivity index (χ0v) is 34.6. The summed E-state index contributed by atoms with van der Waals surface area (Å²) in [6.07, 6.45) is 1.02. The van der Waals surface area contributed by atoms with Crippen LogP contribution in [0.5, 0.6) is 0 Å². The smallest absolute Gasteiger partial charge is 0.0712 e. The Labute approximate surface area is 349 Å². The number of nitrogens with zero attached hydrogens (tertiary/aromatic N) is 1. The molecule has 286 valence electrons. The number of fused-ring (bicyclic) bond motifs is 1. The van der Waals surface area contributed by atoms with Crippen molar-refractivity contribution in [1.29, 1.82) is 0 Å². The molecule has 0 aliphatic heterocycles. The van der Waals surface area contributed by atoms with Crippen LogP contribution >= 0.6 is 0 Å². The lowest BCUT2D eigenvalue weighted by Crippen LogP contribution is -2.09. The van der Waals surface area contributed by atoms with E-state index < -0.39 is 0 Å². The molecule has 0 amide bonds. The number of hydrogen-bond acceptors (Lipinski definition) is 1. The van der Waals surface area contributed by atoms with Crippen molar-refractivity contribution in [2.24, 2.45) is 5.41 Å². The summed E-state index contributed by atoms with van der Waals surface area (Å²) >= 11 is 0. The van der Waals surface area contributed by atoms with Gasteiger partial charge in [-0.1, -0.05) is 196 Å². The molecular formula is C58H49N. The number of aromatic nitrogens is 1. The molecule has 0 bridgehead atoms. The van der Waals surface area contributed by atoms with Gasteiger partial charge in [-0.05, 0) is 128 Å². The van der Waals surface area contributed by atoms with Gasteiger partial charge in [-0.2, -0.15) is 0 Å². The fraction of sp³-hybridized carbons (Fsp3) is 0.121. The number of benzene rings is 8. The van der Waals surface area contributed by atoms with Crippen LogP contribution in [-0.2, 0) is 6.42 Å². The second-order valence-corrected chi connectivity index (χ2v) is 17.2. The number of rotatable bonds is 8. The van der Waals surface area contributed by atoms with Gasteiger partial charge in [0.1, 0.15) is 0 Å². The van der Waals surface area contributed by atoms with Crippen LogP contribution in [0.15, 0.2) is 194 Å². The van der Waals surface area contributed by atoms with E-state index in [0.29, 0.717) is 0 Å². The molecule has 0 aliphatic rings. The predicted molar refractivity (Wildman–Crippen MR) is 252 cm³/mol. The Balaban J connectivity index is 1.16. The maximum atomic E-state index is 5.15. The average Bonchev–Trinajstić information content (AvgIpc) is 3.26. The van der Waals surface area contributed by atoms with Gasteiger partial charge in [0, 0.05) is 10.9 Å². The molecule has 0 saturated heterocycles. The molecular weight excluding hydrogens is 711 g/mol. The topological polar surface area (TPSA) is 12.9 Å². The Kier molecular flexibility index (Phi) is 10.1. The van der Waals surface area contributed by atoms with Crippen molar-refractivity contribution in [2.45, 2.75) is 41.0 Å². The minimum absolute atomic E-state index is 0.208. The first-order valence-electron chi connectivity index (χ1n) is 20.7. The van der Waals surface area contributed by atoms with Crippen molar-refractivity contribution < 1.29 is 0 Å². The molecule has 0 N–H and O–H groups in total. The van der Waals surface area contributed by atoms with Crippen LogP contribution in [0.2, 0.25) is 0 Å². The number of aryl methyl sites for hydroxylation is 2. The van der Waals surface area contributed by atoms with Crippen LogP contribution in [-0.4, -0.2) is 4.98 Å². The van der Waals surface area contributed by atoms with Gasteiger partial charge in [0.2, 0.25) is 0 Å². The largest absolute Gasteiger partial charge is 0.248 e. The van der Waals surface area contributed by atoms with E-state index in [2.05, 4.69) is 229 Å². The summed E-state index contributed by atoms with van der Waals surface area (Å²) in [5.74, 6) is 0. The lowest BCUT2D eigenvalue weighted by Gasteiger charge is -2.19. The van der Waals surface area contributed by atoms with Gasteiger partial charge in [0.15, 0.2) is 0 Å². The fourth-order valence-electron chi connectivity index (χ4n) is 8.60. The molecule has 0 atom stereocenters. The molecule has 0 spiro atoms. The molecule has 59 heavy (non-hydrogen) atoms. The van der Waals surface area contributed by atoms with Crippen molar-refractivity contribution in [3.8, 4) is 78.0 Å². The van der Waals surface area contributed by atoms with E-state index in [4.69, 9.17) is 4.98 Å². The Bertz CT molecular complexity index is 2850. The number of hydrogen-bond donors (Lipinski definition) is 0. The average molecular weight is 760 g/mol. The Morgan fingerprint density at radius 3 is 1.24 bits per heavy atom. The molecule has 0 unspecified atom stereocenters. The van der Waals surface area contributed by atoms with Crippen molar-refractivity contribution >= 4 is 10.9 Å². The molecule has 0 saturated carbocycles. The molecule has 1 nitrogen and oxygen atoms in total. The van der Waals surface area contributed by atoms with Crippen LogP contribution in [0.4, 0.5) is 0 Å². The molecule has 9 aromatic rings. The maximum absolute atomic E-state index is 5.15.